The Labute approximate surface area is 142 Å². The van der Waals surface area contributed by atoms with Crippen molar-refractivity contribution in [1.29, 1.82) is 0 Å². The molecule has 1 N–H and O–H groups in total. The van der Waals surface area contributed by atoms with E-state index in [1.807, 2.05) is 0 Å². The van der Waals surface area contributed by atoms with Crippen molar-refractivity contribution in [2.24, 2.45) is 0 Å². The fourth-order valence-electron chi connectivity index (χ4n) is 3.28. The normalized spacial score (nSPS) is 22.3. The van der Waals surface area contributed by atoms with Crippen LogP contribution < -0.4 is 5.32 Å². The summed E-state index contributed by atoms with van der Waals surface area (Å²) in [5, 5.41) is 4.19. The van der Waals surface area contributed by atoms with Gasteiger partial charge in [-0.15, -0.1) is 11.3 Å². The Morgan fingerprint density at radius 1 is 1.33 bits per heavy atom. The summed E-state index contributed by atoms with van der Waals surface area (Å²) in [5.74, 6) is 0. The van der Waals surface area contributed by atoms with Crippen LogP contribution in [0.1, 0.15) is 30.0 Å². The van der Waals surface area contributed by atoms with Crippen LogP contribution in [0.15, 0.2) is 5.38 Å². The third kappa shape index (κ3) is 4.18. The lowest BCUT2D eigenvalue weighted by atomic mass is 10.2. The van der Waals surface area contributed by atoms with Crippen molar-refractivity contribution in [2.75, 3.05) is 32.7 Å². The van der Waals surface area contributed by atoms with E-state index in [0.717, 1.165) is 49.3 Å². The number of nitrogens with one attached hydrogen (secondary N) is 1. The first-order valence-corrected chi connectivity index (χ1v) is 9.10. The number of carbonyl (C=O) groups excluding carboxylic acids is 1. The number of rotatable bonds is 4. The number of halogens is 3. The molecular weight excluding hydrogens is 341 g/mol. The monoisotopic (exact) mass is 362 g/mol. The number of nitrogens with zero attached hydrogens (tertiary/aromatic N) is 3. The summed E-state index contributed by atoms with van der Waals surface area (Å²) in [4.78, 5) is 20.0. The fourth-order valence-corrected chi connectivity index (χ4v) is 4.08. The number of urea groups is 1. The van der Waals surface area contributed by atoms with E-state index < -0.39 is 11.9 Å². The summed E-state index contributed by atoms with van der Waals surface area (Å²) in [6.07, 6.45) is -0.629. The Hall–Kier alpha value is -1.35. The summed E-state index contributed by atoms with van der Waals surface area (Å²) < 4.78 is 37.5. The topological polar surface area (TPSA) is 48.5 Å². The summed E-state index contributed by atoms with van der Waals surface area (Å²) in [6.45, 7) is 4.01. The van der Waals surface area contributed by atoms with Gasteiger partial charge in [0.25, 0.3) is 0 Å². The van der Waals surface area contributed by atoms with Crippen LogP contribution in [0.5, 0.6) is 0 Å². The van der Waals surface area contributed by atoms with Crippen LogP contribution in [0.25, 0.3) is 0 Å². The summed E-state index contributed by atoms with van der Waals surface area (Å²) >= 11 is 0.975. The molecule has 0 spiro atoms. The summed E-state index contributed by atoms with van der Waals surface area (Å²) in [7, 11) is 0. The maximum Gasteiger partial charge on any atom is 0.434 e. The van der Waals surface area contributed by atoms with Crippen molar-refractivity contribution < 1.29 is 18.0 Å². The van der Waals surface area contributed by atoms with Crippen LogP contribution in [-0.2, 0) is 12.6 Å². The average Bonchev–Trinajstić information content (AvgIpc) is 3.26. The van der Waals surface area contributed by atoms with Crippen LogP contribution in [0.4, 0.5) is 18.0 Å². The van der Waals surface area contributed by atoms with E-state index in [0.29, 0.717) is 24.0 Å². The molecule has 1 aromatic heterocycles. The molecule has 24 heavy (non-hydrogen) atoms. The SMILES string of the molecule is O=C(NCCc1nc(C(F)(F)F)cs1)N1CCC(N2CCCC2)C1. The minimum absolute atomic E-state index is 0.135. The molecule has 2 aliphatic heterocycles. The quantitative estimate of drug-likeness (QED) is 0.896. The largest absolute Gasteiger partial charge is 0.434 e. The molecule has 0 saturated carbocycles. The van der Waals surface area contributed by atoms with E-state index in [1.54, 1.807) is 4.90 Å². The van der Waals surface area contributed by atoms with E-state index >= 15 is 0 Å². The zero-order chi connectivity index (χ0) is 17.2. The first kappa shape index (κ1) is 17.5. The summed E-state index contributed by atoms with van der Waals surface area (Å²) in [5.41, 5.74) is -0.859. The van der Waals surface area contributed by atoms with Gasteiger partial charge in [-0.25, -0.2) is 9.78 Å². The molecule has 134 valence electrons. The third-order valence-corrected chi connectivity index (χ3v) is 5.47. The lowest BCUT2D eigenvalue weighted by Gasteiger charge is -2.23. The molecule has 3 heterocycles. The zero-order valence-electron chi connectivity index (χ0n) is 13.3. The van der Waals surface area contributed by atoms with Gasteiger partial charge in [-0.1, -0.05) is 0 Å². The van der Waals surface area contributed by atoms with Crippen molar-refractivity contribution in [3.8, 4) is 0 Å². The Balaban J connectivity index is 1.40. The third-order valence-electron chi connectivity index (χ3n) is 4.56. The Bertz CT molecular complexity index is 571. The Kier molecular flexibility index (Phi) is 5.29. The predicted octanol–water partition coefficient (Wildman–Crippen LogP) is 2.58. The molecule has 1 aromatic rings. The van der Waals surface area contributed by atoms with Gasteiger partial charge in [-0.2, -0.15) is 13.2 Å². The van der Waals surface area contributed by atoms with Gasteiger partial charge in [0.1, 0.15) is 0 Å². The highest BCUT2D eigenvalue weighted by molar-refractivity contribution is 7.09. The van der Waals surface area contributed by atoms with Gasteiger partial charge in [-0.3, -0.25) is 4.90 Å². The van der Waals surface area contributed by atoms with Crippen LogP contribution in [0.2, 0.25) is 0 Å². The second-order valence-corrected chi connectivity index (χ2v) is 7.18. The van der Waals surface area contributed by atoms with Crippen molar-refractivity contribution in [2.45, 2.75) is 37.9 Å². The molecule has 2 aliphatic rings. The number of hydrogen-bond donors (Lipinski definition) is 1. The molecule has 9 heteroatoms. The fraction of sp³-hybridized carbons (Fsp3) is 0.733. The molecule has 1 unspecified atom stereocenters. The Morgan fingerprint density at radius 3 is 2.75 bits per heavy atom. The van der Waals surface area contributed by atoms with Crippen LogP contribution in [-0.4, -0.2) is 59.6 Å². The van der Waals surface area contributed by atoms with Crippen molar-refractivity contribution >= 4 is 17.4 Å². The van der Waals surface area contributed by atoms with Gasteiger partial charge in [0.15, 0.2) is 5.69 Å². The predicted molar refractivity (Wildman–Crippen MR) is 85.0 cm³/mol. The minimum Gasteiger partial charge on any atom is -0.338 e. The number of thiazole rings is 1. The van der Waals surface area contributed by atoms with E-state index in [-0.39, 0.29) is 6.03 Å². The first-order valence-electron chi connectivity index (χ1n) is 8.22. The van der Waals surface area contributed by atoms with Gasteiger partial charge >= 0.3 is 12.2 Å². The van der Waals surface area contributed by atoms with Crippen LogP contribution in [0, 0.1) is 0 Å². The number of alkyl halides is 3. The maximum absolute atomic E-state index is 12.5. The standard InChI is InChI=1S/C15H21F3N4OS/c16-15(17,18)12-10-24-13(20-12)3-5-19-14(23)22-8-4-11(9-22)21-6-1-2-7-21/h10-11H,1-9H2,(H,19,23). The first-order chi connectivity index (χ1) is 11.4. The minimum atomic E-state index is -4.40. The molecule has 0 bridgehead atoms. The molecule has 0 aliphatic carbocycles. The van der Waals surface area contributed by atoms with E-state index in [2.05, 4.69) is 15.2 Å². The van der Waals surface area contributed by atoms with E-state index in [1.165, 1.54) is 12.8 Å². The number of amides is 2. The van der Waals surface area contributed by atoms with Gasteiger partial charge < -0.3 is 10.2 Å². The molecule has 3 rings (SSSR count). The highest BCUT2D eigenvalue weighted by Gasteiger charge is 2.34. The smallest absolute Gasteiger partial charge is 0.338 e. The molecule has 2 fully saturated rings. The molecule has 2 amide bonds. The van der Waals surface area contributed by atoms with Gasteiger partial charge in [0.2, 0.25) is 0 Å². The van der Waals surface area contributed by atoms with E-state index in [9.17, 15) is 18.0 Å². The highest BCUT2D eigenvalue weighted by atomic mass is 32.1. The molecule has 2 saturated heterocycles. The van der Waals surface area contributed by atoms with E-state index in [4.69, 9.17) is 0 Å². The molecular formula is C15H21F3N4OS. The second-order valence-electron chi connectivity index (χ2n) is 6.24. The van der Waals surface area contributed by atoms with Crippen molar-refractivity contribution in [1.82, 2.24) is 20.1 Å². The van der Waals surface area contributed by atoms with Crippen LogP contribution >= 0.6 is 11.3 Å². The lowest BCUT2D eigenvalue weighted by molar-refractivity contribution is -0.140. The summed E-state index contributed by atoms with van der Waals surface area (Å²) in [6, 6.07) is 0.316. The molecule has 0 radical (unpaired) electrons. The Morgan fingerprint density at radius 2 is 2.08 bits per heavy atom. The average molecular weight is 362 g/mol. The number of aromatic nitrogens is 1. The van der Waals surface area contributed by atoms with Crippen molar-refractivity contribution in [3.05, 3.63) is 16.1 Å². The zero-order valence-corrected chi connectivity index (χ0v) is 14.1. The lowest BCUT2D eigenvalue weighted by Crippen LogP contribution is -2.42. The van der Waals surface area contributed by atoms with Gasteiger partial charge in [0, 0.05) is 37.5 Å². The van der Waals surface area contributed by atoms with Crippen LogP contribution in [0.3, 0.4) is 0 Å². The highest BCUT2D eigenvalue weighted by Crippen LogP contribution is 2.30. The number of carbonyl (C=O) groups is 1. The number of likely N-dealkylation sites (tertiary alicyclic amines) is 2. The van der Waals surface area contributed by atoms with Crippen molar-refractivity contribution in [3.63, 3.8) is 0 Å². The van der Waals surface area contributed by atoms with Gasteiger partial charge in [-0.05, 0) is 32.4 Å². The molecule has 1 atom stereocenters. The number of hydrogen-bond acceptors (Lipinski definition) is 4. The second kappa shape index (κ2) is 7.26. The maximum atomic E-state index is 12.5. The molecule has 0 aromatic carbocycles. The molecule has 5 nitrogen and oxygen atoms in total. The van der Waals surface area contributed by atoms with Gasteiger partial charge in [0.05, 0.1) is 5.01 Å².